The number of carbonyl (C=O) groups excluding carboxylic acids is 1. The number of piperazine rings is 1. The lowest BCUT2D eigenvalue weighted by Crippen LogP contribution is -2.48. The summed E-state index contributed by atoms with van der Waals surface area (Å²) in [6, 6.07) is 4.45. The van der Waals surface area contributed by atoms with Crippen LogP contribution in [0.1, 0.15) is 36.5 Å². The van der Waals surface area contributed by atoms with E-state index in [-0.39, 0.29) is 16.4 Å². The summed E-state index contributed by atoms with van der Waals surface area (Å²) in [5.74, 6) is -0.190. The Morgan fingerprint density at radius 2 is 1.73 bits per heavy atom. The summed E-state index contributed by atoms with van der Waals surface area (Å²) in [5, 5.41) is 0.298. The van der Waals surface area contributed by atoms with Gasteiger partial charge >= 0.3 is 0 Å². The van der Waals surface area contributed by atoms with E-state index in [1.807, 2.05) is 0 Å². The van der Waals surface area contributed by atoms with Crippen LogP contribution in [0.4, 0.5) is 0 Å². The predicted octanol–water partition coefficient (Wildman–Crippen LogP) is 2.29. The molecule has 6 nitrogen and oxygen atoms in total. The molecule has 0 bridgehead atoms. The molecule has 3 rings (SSSR count). The van der Waals surface area contributed by atoms with Crippen LogP contribution in [0.3, 0.4) is 0 Å². The van der Waals surface area contributed by atoms with E-state index in [0.29, 0.717) is 31.2 Å². The zero-order chi connectivity index (χ0) is 18.7. The topological polar surface area (TPSA) is 60.9 Å². The van der Waals surface area contributed by atoms with Gasteiger partial charge in [-0.3, -0.25) is 9.69 Å². The first kappa shape index (κ1) is 19.6. The van der Waals surface area contributed by atoms with Gasteiger partial charge in [-0.2, -0.15) is 4.31 Å². The van der Waals surface area contributed by atoms with Gasteiger partial charge in [0.25, 0.3) is 5.91 Å². The molecular weight excluding hydrogens is 374 g/mol. The Hall–Kier alpha value is -1.15. The molecule has 1 aromatic carbocycles. The minimum Gasteiger partial charge on any atom is -0.336 e. The first-order valence-electron chi connectivity index (χ1n) is 9.25. The molecule has 0 radical (unpaired) electrons. The highest BCUT2D eigenvalue weighted by atomic mass is 35.5. The van der Waals surface area contributed by atoms with Crippen LogP contribution < -0.4 is 0 Å². The van der Waals surface area contributed by atoms with Crippen LogP contribution in [0.25, 0.3) is 0 Å². The van der Waals surface area contributed by atoms with Crippen LogP contribution in [-0.4, -0.2) is 74.2 Å². The average Bonchev–Trinajstić information content (AvgIpc) is 3.18. The van der Waals surface area contributed by atoms with E-state index in [9.17, 15) is 13.2 Å². The van der Waals surface area contributed by atoms with Gasteiger partial charge in [-0.15, -0.1) is 0 Å². The number of amides is 1. The molecule has 2 fully saturated rings. The molecule has 144 valence electrons. The summed E-state index contributed by atoms with van der Waals surface area (Å²) in [5.41, 5.74) is 0.274. The normalized spacial score (nSPS) is 19.8. The van der Waals surface area contributed by atoms with Crippen LogP contribution in [0, 0.1) is 0 Å². The van der Waals surface area contributed by atoms with Crippen LogP contribution in [0.15, 0.2) is 23.1 Å². The summed E-state index contributed by atoms with van der Waals surface area (Å²) in [4.78, 5) is 17.1. The lowest BCUT2D eigenvalue weighted by atomic mass is 10.1. The van der Waals surface area contributed by atoms with Crippen LogP contribution >= 0.6 is 11.6 Å². The summed E-state index contributed by atoms with van der Waals surface area (Å²) in [6.07, 6.45) is 2.84. The third-order valence-corrected chi connectivity index (χ3v) is 7.29. The smallest absolute Gasteiger partial charge is 0.255 e. The SMILES string of the molecule is CCCN1CCN(C(=O)c2cc(S(=O)(=O)N3CCCC3)ccc2Cl)CC1. The number of hydrogen-bond donors (Lipinski definition) is 0. The Kier molecular flexibility index (Phi) is 6.22. The second-order valence-electron chi connectivity index (χ2n) is 6.89. The van der Waals surface area contributed by atoms with Crippen molar-refractivity contribution in [1.82, 2.24) is 14.1 Å². The third kappa shape index (κ3) is 4.06. The van der Waals surface area contributed by atoms with Crippen LogP contribution in [0.5, 0.6) is 0 Å². The first-order valence-corrected chi connectivity index (χ1v) is 11.1. The van der Waals surface area contributed by atoms with Gasteiger partial charge in [0.05, 0.1) is 15.5 Å². The zero-order valence-corrected chi connectivity index (χ0v) is 16.7. The lowest BCUT2D eigenvalue weighted by molar-refractivity contribution is 0.0637. The highest BCUT2D eigenvalue weighted by Gasteiger charge is 2.29. The summed E-state index contributed by atoms with van der Waals surface area (Å²) >= 11 is 6.23. The minimum absolute atomic E-state index is 0.150. The van der Waals surface area contributed by atoms with Crippen molar-refractivity contribution in [3.63, 3.8) is 0 Å². The summed E-state index contributed by atoms with van der Waals surface area (Å²) in [7, 11) is -3.56. The van der Waals surface area contributed by atoms with Gasteiger partial charge in [0.1, 0.15) is 0 Å². The molecule has 0 N–H and O–H groups in total. The number of rotatable bonds is 5. The van der Waals surface area contributed by atoms with Crippen molar-refractivity contribution in [3.8, 4) is 0 Å². The Balaban J connectivity index is 1.79. The Bertz CT molecular complexity index is 755. The maximum absolute atomic E-state index is 12.9. The molecule has 0 saturated carbocycles. The third-order valence-electron chi connectivity index (χ3n) is 5.07. The van der Waals surface area contributed by atoms with Gasteiger partial charge in [0.2, 0.25) is 10.0 Å². The number of benzene rings is 1. The largest absolute Gasteiger partial charge is 0.336 e. The molecule has 0 unspecified atom stereocenters. The average molecular weight is 400 g/mol. The molecule has 2 saturated heterocycles. The minimum atomic E-state index is -3.56. The number of nitrogens with zero attached hydrogens (tertiary/aromatic N) is 3. The molecule has 26 heavy (non-hydrogen) atoms. The van der Waals surface area contributed by atoms with E-state index in [1.165, 1.54) is 22.5 Å². The molecule has 0 spiro atoms. The molecular formula is C18H26ClN3O3S. The first-order chi connectivity index (χ1) is 12.4. The van der Waals surface area contributed by atoms with Crippen molar-refractivity contribution >= 4 is 27.5 Å². The van der Waals surface area contributed by atoms with Crippen molar-refractivity contribution in [2.75, 3.05) is 45.8 Å². The molecule has 2 aliphatic rings. The molecule has 0 aromatic heterocycles. The highest BCUT2D eigenvalue weighted by Crippen LogP contribution is 2.26. The number of carbonyl (C=O) groups is 1. The molecule has 0 atom stereocenters. The Labute approximate surface area is 160 Å². The molecule has 1 amide bonds. The fourth-order valence-electron chi connectivity index (χ4n) is 3.57. The van der Waals surface area contributed by atoms with Crippen molar-refractivity contribution in [2.45, 2.75) is 31.1 Å². The van der Waals surface area contributed by atoms with Crippen LogP contribution in [-0.2, 0) is 10.0 Å². The van der Waals surface area contributed by atoms with Crippen molar-refractivity contribution in [1.29, 1.82) is 0 Å². The quantitative estimate of drug-likeness (QED) is 0.762. The maximum Gasteiger partial charge on any atom is 0.255 e. The van der Waals surface area contributed by atoms with Gasteiger partial charge in [0, 0.05) is 39.3 Å². The van der Waals surface area contributed by atoms with E-state index in [4.69, 9.17) is 11.6 Å². The Morgan fingerprint density at radius 3 is 2.35 bits per heavy atom. The molecule has 0 aliphatic carbocycles. The fraction of sp³-hybridized carbons (Fsp3) is 0.611. The standard InChI is InChI=1S/C18H26ClN3O3S/c1-2-7-20-10-12-21(13-11-20)18(23)16-14-15(5-6-17(16)19)26(24,25)22-8-3-4-9-22/h5-6,14H,2-4,7-13H2,1H3. The Morgan fingerprint density at radius 1 is 1.08 bits per heavy atom. The van der Waals surface area contributed by atoms with Crippen molar-refractivity contribution in [2.24, 2.45) is 0 Å². The van der Waals surface area contributed by atoms with Gasteiger partial charge in [-0.25, -0.2) is 8.42 Å². The molecule has 8 heteroatoms. The molecule has 2 aliphatic heterocycles. The van der Waals surface area contributed by atoms with Gasteiger partial charge < -0.3 is 4.90 Å². The van der Waals surface area contributed by atoms with E-state index in [0.717, 1.165) is 38.9 Å². The molecule has 2 heterocycles. The van der Waals surface area contributed by atoms with E-state index >= 15 is 0 Å². The zero-order valence-electron chi connectivity index (χ0n) is 15.2. The van der Waals surface area contributed by atoms with Gasteiger partial charge in [0.15, 0.2) is 0 Å². The van der Waals surface area contributed by atoms with Crippen molar-refractivity contribution < 1.29 is 13.2 Å². The van der Waals surface area contributed by atoms with Crippen molar-refractivity contribution in [3.05, 3.63) is 28.8 Å². The van der Waals surface area contributed by atoms with E-state index in [1.54, 1.807) is 4.90 Å². The van der Waals surface area contributed by atoms with Gasteiger partial charge in [-0.1, -0.05) is 18.5 Å². The van der Waals surface area contributed by atoms with E-state index < -0.39 is 10.0 Å². The lowest BCUT2D eigenvalue weighted by Gasteiger charge is -2.34. The molecule has 1 aromatic rings. The summed E-state index contributed by atoms with van der Waals surface area (Å²) < 4.78 is 27.0. The monoisotopic (exact) mass is 399 g/mol. The number of hydrogen-bond acceptors (Lipinski definition) is 4. The second kappa shape index (κ2) is 8.25. The number of halogens is 1. The summed E-state index contributed by atoms with van der Waals surface area (Å²) in [6.45, 7) is 7.19. The second-order valence-corrected chi connectivity index (χ2v) is 9.23. The predicted molar refractivity (Wildman–Crippen MR) is 102 cm³/mol. The maximum atomic E-state index is 12.9. The highest BCUT2D eigenvalue weighted by molar-refractivity contribution is 7.89. The number of sulfonamides is 1. The van der Waals surface area contributed by atoms with Gasteiger partial charge in [-0.05, 0) is 44.0 Å². The van der Waals surface area contributed by atoms with Crippen LogP contribution in [0.2, 0.25) is 5.02 Å². The fourth-order valence-corrected chi connectivity index (χ4v) is 5.31. The van der Waals surface area contributed by atoms with E-state index in [2.05, 4.69) is 11.8 Å².